The van der Waals surface area contributed by atoms with Crippen LogP contribution < -0.4 is 4.74 Å². The van der Waals surface area contributed by atoms with Gasteiger partial charge in [-0.05, 0) is 51.1 Å². The first kappa shape index (κ1) is 18.9. The third kappa shape index (κ3) is 4.65. The molecule has 6 nitrogen and oxygen atoms in total. The minimum atomic E-state index is -0.601. The van der Waals surface area contributed by atoms with Crippen molar-refractivity contribution in [3.63, 3.8) is 0 Å². The van der Waals surface area contributed by atoms with Crippen LogP contribution in [0.2, 0.25) is 5.02 Å². The molecule has 0 fully saturated rings. The number of pyridine rings is 1. The number of nitrogens with zero attached hydrogens (tertiary/aromatic N) is 3. The summed E-state index contributed by atoms with van der Waals surface area (Å²) in [5.41, 5.74) is 2.98. The number of aromatic nitrogens is 3. The molecule has 0 spiro atoms. The molecule has 0 aliphatic rings. The predicted molar refractivity (Wildman–Crippen MR) is 103 cm³/mol. The Kier molecular flexibility index (Phi) is 5.76. The van der Waals surface area contributed by atoms with Gasteiger partial charge in [0.05, 0.1) is 10.7 Å². The van der Waals surface area contributed by atoms with Crippen LogP contribution in [0, 0.1) is 20.8 Å². The highest BCUT2D eigenvalue weighted by molar-refractivity contribution is 6.33. The molecular weight excluding hydrogens is 366 g/mol. The number of hydrogen-bond acceptors (Lipinski definition) is 5. The molecule has 0 saturated carbocycles. The Hall–Kier alpha value is -2.86. The average molecular weight is 386 g/mol. The summed E-state index contributed by atoms with van der Waals surface area (Å²) in [6, 6.07) is 12.9. The lowest BCUT2D eigenvalue weighted by Crippen LogP contribution is -2.15. The fraction of sp³-hybridized carbons (Fsp3) is 0.250. The van der Waals surface area contributed by atoms with E-state index in [4.69, 9.17) is 21.1 Å². The molecule has 0 amide bonds. The first-order valence-corrected chi connectivity index (χ1v) is 8.88. The summed E-state index contributed by atoms with van der Waals surface area (Å²) in [6.45, 7) is 6.14. The number of carbonyl (C=O) groups excluding carboxylic acids is 1. The van der Waals surface area contributed by atoms with Crippen LogP contribution in [0.25, 0.3) is 5.82 Å². The SMILES string of the molecule is Cc1ccc(OCCOC(=O)c2nc(-n3nc(C)cc3C)ccc2Cl)cc1. The molecule has 0 bridgehead atoms. The third-order valence-electron chi connectivity index (χ3n) is 3.86. The van der Waals surface area contributed by atoms with Gasteiger partial charge in [-0.3, -0.25) is 0 Å². The number of esters is 1. The van der Waals surface area contributed by atoms with Crippen molar-refractivity contribution >= 4 is 17.6 Å². The van der Waals surface area contributed by atoms with Crippen LogP contribution in [-0.2, 0) is 4.74 Å². The van der Waals surface area contributed by atoms with Crippen LogP contribution in [0.4, 0.5) is 0 Å². The summed E-state index contributed by atoms with van der Waals surface area (Å²) in [7, 11) is 0. The van der Waals surface area contributed by atoms with Crippen LogP contribution in [0.15, 0.2) is 42.5 Å². The third-order valence-corrected chi connectivity index (χ3v) is 4.16. The summed E-state index contributed by atoms with van der Waals surface area (Å²) in [5, 5.41) is 4.59. The molecule has 0 atom stereocenters. The van der Waals surface area contributed by atoms with Gasteiger partial charge in [-0.2, -0.15) is 5.10 Å². The predicted octanol–water partition coefficient (Wildman–Crippen LogP) is 4.08. The van der Waals surface area contributed by atoms with Gasteiger partial charge in [0.15, 0.2) is 11.5 Å². The van der Waals surface area contributed by atoms with Crippen LogP contribution in [0.3, 0.4) is 0 Å². The van der Waals surface area contributed by atoms with Gasteiger partial charge in [-0.15, -0.1) is 0 Å². The number of hydrogen-bond donors (Lipinski definition) is 0. The first-order chi connectivity index (χ1) is 12.9. The minimum absolute atomic E-state index is 0.0528. The highest BCUT2D eigenvalue weighted by Crippen LogP contribution is 2.18. The summed E-state index contributed by atoms with van der Waals surface area (Å²) in [5.74, 6) is 0.628. The van der Waals surface area contributed by atoms with E-state index in [0.29, 0.717) is 5.82 Å². The van der Waals surface area contributed by atoms with Crippen molar-refractivity contribution in [3.05, 3.63) is 70.1 Å². The monoisotopic (exact) mass is 385 g/mol. The molecule has 27 heavy (non-hydrogen) atoms. The Bertz CT molecular complexity index is 952. The normalized spacial score (nSPS) is 10.7. The van der Waals surface area contributed by atoms with Crippen molar-refractivity contribution in [1.29, 1.82) is 0 Å². The lowest BCUT2D eigenvalue weighted by atomic mass is 10.2. The fourth-order valence-corrected chi connectivity index (χ4v) is 2.73. The molecule has 0 N–H and O–H groups in total. The Balaban J connectivity index is 1.63. The molecular formula is C20H20ClN3O3. The standard InChI is InChI=1S/C20H20ClN3O3/c1-13-4-6-16(7-5-13)26-10-11-27-20(25)19-17(21)8-9-18(22-19)24-15(3)12-14(2)23-24/h4-9,12H,10-11H2,1-3H3. The van der Waals surface area contributed by atoms with Gasteiger partial charge >= 0.3 is 5.97 Å². The minimum Gasteiger partial charge on any atom is -0.490 e. The van der Waals surface area contributed by atoms with Crippen molar-refractivity contribution in [2.45, 2.75) is 20.8 Å². The van der Waals surface area contributed by atoms with E-state index in [2.05, 4.69) is 10.1 Å². The van der Waals surface area contributed by atoms with Gasteiger partial charge in [0, 0.05) is 5.69 Å². The molecule has 3 aromatic rings. The van der Waals surface area contributed by atoms with E-state index in [1.165, 1.54) is 0 Å². The topological polar surface area (TPSA) is 66.2 Å². The van der Waals surface area contributed by atoms with E-state index < -0.39 is 5.97 Å². The van der Waals surface area contributed by atoms with E-state index >= 15 is 0 Å². The number of benzene rings is 1. The molecule has 0 aliphatic carbocycles. The first-order valence-electron chi connectivity index (χ1n) is 8.51. The van der Waals surface area contributed by atoms with Crippen molar-refractivity contribution in [1.82, 2.24) is 14.8 Å². The second-order valence-corrected chi connectivity index (χ2v) is 6.54. The summed E-state index contributed by atoms with van der Waals surface area (Å²) >= 11 is 6.12. The Morgan fingerprint density at radius 1 is 1.07 bits per heavy atom. The average Bonchev–Trinajstić information content (AvgIpc) is 2.98. The van der Waals surface area contributed by atoms with E-state index in [1.807, 2.05) is 51.1 Å². The summed E-state index contributed by atoms with van der Waals surface area (Å²) < 4.78 is 12.4. The van der Waals surface area contributed by atoms with Gasteiger partial charge in [0.25, 0.3) is 0 Å². The van der Waals surface area contributed by atoms with Crippen molar-refractivity contribution in [2.24, 2.45) is 0 Å². The van der Waals surface area contributed by atoms with E-state index in [-0.39, 0.29) is 23.9 Å². The second-order valence-electron chi connectivity index (χ2n) is 6.14. The van der Waals surface area contributed by atoms with E-state index in [1.54, 1.807) is 16.8 Å². The zero-order valence-electron chi connectivity index (χ0n) is 15.4. The molecule has 2 heterocycles. The van der Waals surface area contributed by atoms with Crippen LogP contribution in [0.1, 0.15) is 27.4 Å². The zero-order valence-corrected chi connectivity index (χ0v) is 16.2. The highest BCUT2D eigenvalue weighted by atomic mass is 35.5. The van der Waals surface area contributed by atoms with Crippen LogP contribution in [-0.4, -0.2) is 33.9 Å². The Labute approximate surface area is 162 Å². The molecule has 0 saturated heterocycles. The smallest absolute Gasteiger partial charge is 0.358 e. The lowest BCUT2D eigenvalue weighted by molar-refractivity contribution is 0.0444. The van der Waals surface area contributed by atoms with E-state index in [0.717, 1.165) is 22.7 Å². The zero-order chi connectivity index (χ0) is 19.4. The number of carbonyl (C=O) groups is 1. The number of halogens is 1. The molecule has 0 radical (unpaired) electrons. The summed E-state index contributed by atoms with van der Waals surface area (Å²) in [4.78, 5) is 16.7. The maximum atomic E-state index is 12.3. The Morgan fingerprint density at radius 2 is 1.81 bits per heavy atom. The van der Waals surface area contributed by atoms with Gasteiger partial charge in [-0.25, -0.2) is 14.5 Å². The van der Waals surface area contributed by atoms with Crippen molar-refractivity contribution in [2.75, 3.05) is 13.2 Å². The summed E-state index contributed by atoms with van der Waals surface area (Å²) in [6.07, 6.45) is 0. The van der Waals surface area contributed by atoms with Crippen molar-refractivity contribution in [3.8, 4) is 11.6 Å². The number of aryl methyl sites for hydroxylation is 3. The lowest BCUT2D eigenvalue weighted by Gasteiger charge is -2.09. The maximum Gasteiger partial charge on any atom is 0.358 e. The molecule has 0 unspecified atom stereocenters. The molecule has 2 aromatic heterocycles. The van der Waals surface area contributed by atoms with Crippen molar-refractivity contribution < 1.29 is 14.3 Å². The fourth-order valence-electron chi connectivity index (χ4n) is 2.55. The molecule has 7 heteroatoms. The number of ether oxygens (including phenoxy) is 2. The van der Waals surface area contributed by atoms with Gasteiger partial charge < -0.3 is 9.47 Å². The van der Waals surface area contributed by atoms with E-state index in [9.17, 15) is 4.79 Å². The molecule has 0 aliphatic heterocycles. The largest absolute Gasteiger partial charge is 0.490 e. The van der Waals surface area contributed by atoms with Gasteiger partial charge in [0.2, 0.25) is 0 Å². The van der Waals surface area contributed by atoms with Crippen LogP contribution in [0.5, 0.6) is 5.75 Å². The molecule has 3 rings (SSSR count). The highest BCUT2D eigenvalue weighted by Gasteiger charge is 2.16. The molecule has 1 aromatic carbocycles. The number of rotatable bonds is 6. The van der Waals surface area contributed by atoms with Gasteiger partial charge in [0.1, 0.15) is 19.0 Å². The van der Waals surface area contributed by atoms with Gasteiger partial charge in [-0.1, -0.05) is 29.3 Å². The Morgan fingerprint density at radius 3 is 2.48 bits per heavy atom. The maximum absolute atomic E-state index is 12.3. The second kappa shape index (κ2) is 8.22. The quantitative estimate of drug-likeness (QED) is 0.472. The molecule has 140 valence electrons. The van der Waals surface area contributed by atoms with Crippen LogP contribution >= 0.6 is 11.6 Å².